The van der Waals surface area contributed by atoms with Gasteiger partial charge in [-0.05, 0) is 62.0 Å². The van der Waals surface area contributed by atoms with Crippen LogP contribution in [0.2, 0.25) is 0 Å². The van der Waals surface area contributed by atoms with Crippen LogP contribution in [-0.2, 0) is 0 Å². The molecule has 1 atom stereocenters. The Labute approximate surface area is 134 Å². The fourth-order valence-corrected chi connectivity index (χ4v) is 2.98. The van der Waals surface area contributed by atoms with Gasteiger partial charge in [-0.25, -0.2) is 0 Å². The average Bonchev–Trinajstić information content (AvgIpc) is 2.91. The molecule has 1 unspecified atom stereocenters. The number of aliphatic hydroxyl groups is 1. The molecule has 0 aliphatic heterocycles. The Morgan fingerprint density at radius 3 is 2.50 bits per heavy atom. The minimum absolute atomic E-state index is 0.101. The lowest BCUT2D eigenvalue weighted by Crippen LogP contribution is -2.28. The van der Waals surface area contributed by atoms with E-state index in [2.05, 4.69) is 5.32 Å². The lowest BCUT2D eigenvalue weighted by atomic mass is 10.2. The van der Waals surface area contributed by atoms with E-state index in [4.69, 9.17) is 4.74 Å². The number of nitrogens with one attached hydrogen (secondary N) is 1. The van der Waals surface area contributed by atoms with Crippen LogP contribution in [-0.4, -0.2) is 23.7 Å². The van der Waals surface area contributed by atoms with E-state index in [0.717, 1.165) is 16.2 Å². The molecule has 5 heteroatoms. The van der Waals surface area contributed by atoms with Crippen molar-refractivity contribution in [2.24, 2.45) is 0 Å². The van der Waals surface area contributed by atoms with Crippen LogP contribution in [0.5, 0.6) is 5.75 Å². The summed E-state index contributed by atoms with van der Waals surface area (Å²) in [4.78, 5) is 13.0. The van der Waals surface area contributed by atoms with Gasteiger partial charge < -0.3 is 15.2 Å². The number of hydrogen-bond acceptors (Lipinski definition) is 4. The number of ether oxygens (including phenoxy) is 1. The molecule has 1 amide bonds. The summed E-state index contributed by atoms with van der Waals surface area (Å²) in [5.41, 5.74) is 1.59. The normalized spacial score (nSPS) is 12.2. The smallest absolute Gasteiger partial charge is 0.251 e. The number of thiophene rings is 1. The summed E-state index contributed by atoms with van der Waals surface area (Å²) in [5.74, 6) is 0.533. The highest BCUT2D eigenvalue weighted by Gasteiger charge is 2.14. The van der Waals surface area contributed by atoms with Crippen LogP contribution < -0.4 is 10.1 Å². The van der Waals surface area contributed by atoms with Crippen LogP contribution in [0.4, 0.5) is 0 Å². The maximum atomic E-state index is 12.1. The van der Waals surface area contributed by atoms with E-state index >= 15 is 0 Å². The van der Waals surface area contributed by atoms with Crippen LogP contribution in [0.15, 0.2) is 35.7 Å². The largest absolute Gasteiger partial charge is 0.491 e. The maximum Gasteiger partial charge on any atom is 0.251 e. The first-order chi connectivity index (χ1) is 10.5. The molecule has 1 aromatic carbocycles. The highest BCUT2D eigenvalue weighted by molar-refractivity contribution is 7.10. The first-order valence-corrected chi connectivity index (χ1v) is 8.12. The lowest BCUT2D eigenvalue weighted by molar-refractivity contribution is 0.0917. The average molecular weight is 319 g/mol. The Morgan fingerprint density at radius 2 is 1.95 bits per heavy atom. The van der Waals surface area contributed by atoms with Crippen molar-refractivity contribution < 1.29 is 14.6 Å². The summed E-state index contributed by atoms with van der Waals surface area (Å²) in [7, 11) is 0. The maximum absolute atomic E-state index is 12.1. The van der Waals surface area contributed by atoms with Crippen molar-refractivity contribution in [3.05, 3.63) is 51.7 Å². The second-order valence-electron chi connectivity index (χ2n) is 5.38. The fraction of sp³-hybridized carbons (Fsp3) is 0.353. The highest BCUT2D eigenvalue weighted by atomic mass is 32.1. The zero-order chi connectivity index (χ0) is 16.1. The lowest BCUT2D eigenvalue weighted by Gasteiger charge is -2.12. The van der Waals surface area contributed by atoms with Crippen LogP contribution in [0.3, 0.4) is 0 Å². The molecule has 0 aliphatic rings. The molecule has 0 spiro atoms. The number of rotatable bonds is 6. The van der Waals surface area contributed by atoms with Gasteiger partial charge in [-0.3, -0.25) is 4.79 Å². The van der Waals surface area contributed by atoms with E-state index in [0.29, 0.717) is 5.56 Å². The summed E-state index contributed by atoms with van der Waals surface area (Å²) >= 11 is 1.49. The molecule has 0 aliphatic carbocycles. The van der Waals surface area contributed by atoms with E-state index in [9.17, 15) is 9.90 Å². The van der Waals surface area contributed by atoms with Crippen LogP contribution in [0.1, 0.15) is 40.8 Å². The highest BCUT2D eigenvalue weighted by Crippen LogP contribution is 2.23. The molecule has 2 rings (SSSR count). The van der Waals surface area contributed by atoms with Crippen molar-refractivity contribution >= 4 is 17.2 Å². The van der Waals surface area contributed by atoms with E-state index in [1.54, 1.807) is 24.3 Å². The van der Waals surface area contributed by atoms with Gasteiger partial charge in [0, 0.05) is 17.0 Å². The molecule has 0 fully saturated rings. The van der Waals surface area contributed by atoms with Crippen molar-refractivity contribution in [3.8, 4) is 5.75 Å². The van der Waals surface area contributed by atoms with Crippen LogP contribution in [0.25, 0.3) is 0 Å². The van der Waals surface area contributed by atoms with E-state index in [1.807, 2.05) is 32.2 Å². The third-order valence-corrected chi connectivity index (χ3v) is 4.27. The van der Waals surface area contributed by atoms with E-state index < -0.39 is 6.10 Å². The van der Waals surface area contributed by atoms with Crippen LogP contribution in [0, 0.1) is 6.92 Å². The molecular formula is C17H21NO3S. The molecule has 0 saturated heterocycles. The summed E-state index contributed by atoms with van der Waals surface area (Å²) in [6, 6.07) is 8.94. The summed E-state index contributed by atoms with van der Waals surface area (Å²) in [6.45, 7) is 6.05. The van der Waals surface area contributed by atoms with Crippen molar-refractivity contribution in [2.45, 2.75) is 33.0 Å². The minimum atomic E-state index is -0.674. The number of benzene rings is 1. The topological polar surface area (TPSA) is 58.6 Å². The Morgan fingerprint density at radius 1 is 1.27 bits per heavy atom. The number of carbonyl (C=O) groups is 1. The van der Waals surface area contributed by atoms with Crippen molar-refractivity contribution in [3.63, 3.8) is 0 Å². The molecule has 2 N–H and O–H groups in total. The van der Waals surface area contributed by atoms with Gasteiger partial charge in [-0.1, -0.05) is 0 Å². The second kappa shape index (κ2) is 7.42. The molecule has 0 radical (unpaired) electrons. The Balaban J connectivity index is 1.91. The summed E-state index contributed by atoms with van der Waals surface area (Å²) < 4.78 is 5.54. The standard InChI is InChI=1S/C17H21NO3S/c1-11(2)21-14-6-4-13(5-7-14)17(20)18-10-15(19)16-12(3)8-9-22-16/h4-9,11,15,19H,10H2,1-3H3,(H,18,20). The third kappa shape index (κ3) is 4.32. The molecule has 118 valence electrons. The van der Waals surface area contributed by atoms with E-state index in [-0.39, 0.29) is 18.6 Å². The Bertz CT molecular complexity index is 619. The molecule has 0 bridgehead atoms. The minimum Gasteiger partial charge on any atom is -0.491 e. The second-order valence-corrected chi connectivity index (χ2v) is 6.33. The molecule has 22 heavy (non-hydrogen) atoms. The van der Waals surface area contributed by atoms with Gasteiger partial charge in [0.05, 0.1) is 6.10 Å². The van der Waals surface area contributed by atoms with Gasteiger partial charge in [0.2, 0.25) is 0 Å². The Hall–Kier alpha value is -1.85. The van der Waals surface area contributed by atoms with Gasteiger partial charge in [0.25, 0.3) is 5.91 Å². The quantitative estimate of drug-likeness (QED) is 0.859. The molecule has 1 aromatic heterocycles. The summed E-state index contributed by atoms with van der Waals surface area (Å²) in [6.07, 6.45) is -0.573. The van der Waals surface area contributed by atoms with Crippen molar-refractivity contribution in [1.82, 2.24) is 5.32 Å². The molecule has 4 nitrogen and oxygen atoms in total. The van der Waals surface area contributed by atoms with Gasteiger partial charge in [-0.2, -0.15) is 0 Å². The zero-order valence-corrected chi connectivity index (χ0v) is 13.8. The monoisotopic (exact) mass is 319 g/mol. The fourth-order valence-electron chi connectivity index (χ4n) is 2.07. The predicted molar refractivity (Wildman–Crippen MR) is 88.6 cm³/mol. The van der Waals surface area contributed by atoms with Crippen molar-refractivity contribution in [1.29, 1.82) is 0 Å². The first-order valence-electron chi connectivity index (χ1n) is 7.24. The molecule has 0 saturated carbocycles. The number of hydrogen-bond donors (Lipinski definition) is 2. The Kier molecular flexibility index (Phi) is 5.57. The molecule has 2 aromatic rings. The number of aliphatic hydroxyl groups excluding tert-OH is 1. The summed E-state index contributed by atoms with van der Waals surface area (Å²) in [5, 5.41) is 14.8. The number of amides is 1. The molecular weight excluding hydrogens is 298 g/mol. The number of aryl methyl sites for hydroxylation is 1. The number of carbonyl (C=O) groups excluding carboxylic acids is 1. The van der Waals surface area contributed by atoms with Crippen LogP contribution >= 0.6 is 11.3 Å². The molecule has 1 heterocycles. The van der Waals surface area contributed by atoms with Gasteiger partial charge in [0.15, 0.2) is 0 Å². The van der Waals surface area contributed by atoms with Gasteiger partial charge >= 0.3 is 0 Å². The van der Waals surface area contributed by atoms with E-state index in [1.165, 1.54) is 11.3 Å². The van der Waals surface area contributed by atoms with Crippen molar-refractivity contribution in [2.75, 3.05) is 6.54 Å². The first kappa shape index (κ1) is 16.5. The zero-order valence-electron chi connectivity index (χ0n) is 13.0. The predicted octanol–water partition coefficient (Wildman–Crippen LogP) is 3.31. The van der Waals surface area contributed by atoms with Gasteiger partial charge in [-0.15, -0.1) is 11.3 Å². The van der Waals surface area contributed by atoms with Gasteiger partial charge in [0.1, 0.15) is 11.9 Å². The SMILES string of the molecule is Cc1ccsc1C(O)CNC(=O)c1ccc(OC(C)C)cc1. The third-order valence-electron chi connectivity index (χ3n) is 3.15.